The number of esters is 1. The fourth-order valence-corrected chi connectivity index (χ4v) is 5.93. The first-order valence-electron chi connectivity index (χ1n) is 9.19. The van der Waals surface area contributed by atoms with Crippen LogP contribution in [0, 0.1) is 11.3 Å². The molecule has 0 radical (unpaired) electrons. The summed E-state index contributed by atoms with van der Waals surface area (Å²) in [4.78, 5) is 25.7. The van der Waals surface area contributed by atoms with E-state index in [4.69, 9.17) is 16.3 Å². The van der Waals surface area contributed by atoms with Crippen LogP contribution in [-0.2, 0) is 9.53 Å². The number of thioether (sulfide) groups is 2. The Balaban J connectivity index is 2.52. The average Bonchev–Trinajstić information content (AvgIpc) is 3.08. The maximum absolute atomic E-state index is 13.2. The Morgan fingerprint density at radius 1 is 1.30 bits per heavy atom. The van der Waals surface area contributed by atoms with Crippen molar-refractivity contribution in [3.63, 3.8) is 0 Å². The minimum absolute atomic E-state index is 0.245. The molecule has 0 saturated heterocycles. The zero-order chi connectivity index (χ0) is 22.3. The van der Waals surface area contributed by atoms with Crippen molar-refractivity contribution in [3.05, 3.63) is 39.7 Å². The average molecular weight is 483 g/mol. The third kappa shape index (κ3) is 6.17. The van der Waals surface area contributed by atoms with Crippen molar-refractivity contribution in [3.8, 4) is 17.2 Å². The molecule has 160 valence electrons. The van der Waals surface area contributed by atoms with Gasteiger partial charge in [0.2, 0.25) is 0 Å². The molecule has 0 aliphatic rings. The highest BCUT2D eigenvalue weighted by molar-refractivity contribution is 8.01. The van der Waals surface area contributed by atoms with Gasteiger partial charge in [0.05, 0.1) is 16.9 Å². The van der Waals surface area contributed by atoms with Crippen LogP contribution in [0.25, 0.3) is 11.1 Å². The van der Waals surface area contributed by atoms with Gasteiger partial charge in [-0.3, -0.25) is 4.79 Å². The largest absolute Gasteiger partial charge is 0.467 e. The van der Waals surface area contributed by atoms with Crippen molar-refractivity contribution in [1.29, 1.82) is 5.26 Å². The van der Waals surface area contributed by atoms with E-state index in [1.54, 1.807) is 36.0 Å². The Morgan fingerprint density at radius 2 is 1.97 bits per heavy atom. The predicted octanol–water partition coefficient (Wildman–Crippen LogP) is 5.47. The zero-order valence-corrected chi connectivity index (χ0v) is 20.4. The van der Waals surface area contributed by atoms with E-state index >= 15 is 0 Å². The molecule has 0 aliphatic heterocycles. The highest BCUT2D eigenvalue weighted by Gasteiger charge is 2.28. The fraction of sp³-hybridized carbons (Fsp3) is 0.381. The lowest BCUT2D eigenvalue weighted by molar-refractivity contribution is -0.142. The molecule has 2 rings (SSSR count). The predicted molar refractivity (Wildman–Crippen MR) is 127 cm³/mol. The van der Waals surface area contributed by atoms with Crippen LogP contribution in [0.4, 0.5) is 0 Å². The smallest absolute Gasteiger partial charge is 0.328 e. The Bertz CT molecular complexity index is 936. The van der Waals surface area contributed by atoms with Crippen molar-refractivity contribution in [2.24, 2.45) is 0 Å². The quantitative estimate of drug-likeness (QED) is 0.377. The van der Waals surface area contributed by atoms with E-state index in [1.165, 1.54) is 30.2 Å². The number of amides is 1. The second-order valence-electron chi connectivity index (χ2n) is 6.58. The number of benzene rings is 1. The number of carbonyl (C=O) groups is 2. The molecule has 0 bridgehead atoms. The molecule has 0 unspecified atom stereocenters. The molecule has 1 aromatic heterocycles. The summed E-state index contributed by atoms with van der Waals surface area (Å²) >= 11 is 10.4. The van der Waals surface area contributed by atoms with Crippen LogP contribution in [0.2, 0.25) is 5.02 Å². The van der Waals surface area contributed by atoms with Gasteiger partial charge in [0, 0.05) is 15.8 Å². The van der Waals surface area contributed by atoms with Crippen molar-refractivity contribution < 1.29 is 14.3 Å². The Hall–Kier alpha value is -1.66. The normalized spacial score (nSPS) is 11.8. The maximum atomic E-state index is 13.2. The Labute approximate surface area is 194 Å². The van der Waals surface area contributed by atoms with Gasteiger partial charge in [0.25, 0.3) is 5.91 Å². The van der Waals surface area contributed by atoms with Crippen LogP contribution in [0.3, 0.4) is 0 Å². The van der Waals surface area contributed by atoms with Gasteiger partial charge < -0.3 is 10.1 Å². The third-order valence-corrected chi connectivity index (χ3v) is 7.38. The van der Waals surface area contributed by atoms with Gasteiger partial charge in [0.1, 0.15) is 17.0 Å². The first-order chi connectivity index (χ1) is 14.3. The molecule has 1 N–H and O–H groups in total. The number of ether oxygens (including phenoxy) is 1. The van der Waals surface area contributed by atoms with E-state index in [0.29, 0.717) is 33.2 Å². The Kier molecular flexibility index (Phi) is 9.56. The van der Waals surface area contributed by atoms with Gasteiger partial charge in [-0.2, -0.15) is 17.0 Å². The second kappa shape index (κ2) is 11.7. The molecule has 1 aromatic carbocycles. The van der Waals surface area contributed by atoms with Gasteiger partial charge in [0.15, 0.2) is 0 Å². The summed E-state index contributed by atoms with van der Waals surface area (Å²) in [5.41, 5.74) is 1.75. The number of nitrogens with one attached hydrogen (secondary N) is 1. The molecule has 9 heteroatoms. The van der Waals surface area contributed by atoms with Crippen LogP contribution in [0.5, 0.6) is 0 Å². The number of nitrogens with zero attached hydrogens (tertiary/aromatic N) is 1. The topological polar surface area (TPSA) is 79.2 Å². The molecule has 30 heavy (non-hydrogen) atoms. The SMILES string of the molecule is COC(=O)[C@@H](CCSC)NC(=O)c1sc(SC(C)C)c(C#N)c1-c1ccc(Cl)cc1. The summed E-state index contributed by atoms with van der Waals surface area (Å²) < 4.78 is 5.63. The molecule has 1 heterocycles. The van der Waals surface area contributed by atoms with Crippen LogP contribution in [-0.4, -0.2) is 42.3 Å². The lowest BCUT2D eigenvalue weighted by Crippen LogP contribution is -2.41. The van der Waals surface area contributed by atoms with Gasteiger partial charge in [-0.15, -0.1) is 23.1 Å². The second-order valence-corrected chi connectivity index (χ2v) is 10.9. The fourth-order valence-electron chi connectivity index (χ4n) is 2.71. The molecule has 0 spiro atoms. The lowest BCUT2D eigenvalue weighted by atomic mass is 10.0. The van der Waals surface area contributed by atoms with Crippen LogP contribution in [0.15, 0.2) is 28.5 Å². The first-order valence-corrected chi connectivity index (χ1v) is 12.7. The van der Waals surface area contributed by atoms with Crippen LogP contribution >= 0.6 is 46.5 Å². The molecule has 0 fully saturated rings. The molecule has 1 atom stereocenters. The van der Waals surface area contributed by atoms with Crippen LogP contribution in [0.1, 0.15) is 35.5 Å². The van der Waals surface area contributed by atoms with Crippen molar-refractivity contribution >= 4 is 58.3 Å². The molecule has 5 nitrogen and oxygen atoms in total. The summed E-state index contributed by atoms with van der Waals surface area (Å²) in [5.74, 6) is -0.181. The molecule has 0 aliphatic carbocycles. The molecule has 2 aromatic rings. The number of rotatable bonds is 9. The van der Waals surface area contributed by atoms with E-state index in [0.717, 1.165) is 9.77 Å². The minimum Gasteiger partial charge on any atom is -0.467 e. The van der Waals surface area contributed by atoms with Crippen molar-refractivity contribution in [1.82, 2.24) is 5.32 Å². The van der Waals surface area contributed by atoms with E-state index < -0.39 is 17.9 Å². The molecule has 1 amide bonds. The number of methoxy groups -OCH3 is 1. The van der Waals surface area contributed by atoms with E-state index in [-0.39, 0.29) is 5.25 Å². The Morgan fingerprint density at radius 3 is 2.50 bits per heavy atom. The van der Waals surface area contributed by atoms with Gasteiger partial charge in [-0.1, -0.05) is 37.6 Å². The molecule has 0 saturated carbocycles. The lowest BCUT2D eigenvalue weighted by Gasteiger charge is -2.16. The van der Waals surface area contributed by atoms with Gasteiger partial charge in [-0.05, 0) is 36.1 Å². The highest BCUT2D eigenvalue weighted by atomic mass is 35.5. The number of thiophene rings is 1. The van der Waals surface area contributed by atoms with E-state index in [9.17, 15) is 14.9 Å². The standard InChI is InChI=1S/C21H23ClN2O3S3/c1-12(2)29-21-15(11-23)17(13-5-7-14(22)8-6-13)18(30-21)19(25)24-16(9-10-28-4)20(26)27-3/h5-8,12,16H,9-10H2,1-4H3,(H,24,25)/t16-/m1/s1. The third-order valence-electron chi connectivity index (χ3n) is 4.07. The summed E-state index contributed by atoms with van der Waals surface area (Å²) in [6, 6.07) is 8.54. The van der Waals surface area contributed by atoms with Gasteiger partial charge in [-0.25, -0.2) is 4.79 Å². The molecular formula is C21H23ClN2O3S3. The van der Waals surface area contributed by atoms with Gasteiger partial charge >= 0.3 is 5.97 Å². The number of carbonyl (C=O) groups excluding carboxylic acids is 2. The van der Waals surface area contributed by atoms with Crippen molar-refractivity contribution in [2.45, 2.75) is 35.8 Å². The first kappa shape index (κ1) is 24.6. The summed E-state index contributed by atoms with van der Waals surface area (Å²) in [5, 5.41) is 13.5. The van der Waals surface area contributed by atoms with E-state index in [1.807, 2.05) is 20.1 Å². The highest BCUT2D eigenvalue weighted by Crippen LogP contribution is 2.43. The number of hydrogen-bond acceptors (Lipinski definition) is 7. The zero-order valence-electron chi connectivity index (χ0n) is 17.2. The summed E-state index contributed by atoms with van der Waals surface area (Å²) in [6.45, 7) is 4.06. The molecular weight excluding hydrogens is 460 g/mol. The van der Waals surface area contributed by atoms with Crippen molar-refractivity contribution in [2.75, 3.05) is 19.1 Å². The van der Waals surface area contributed by atoms with Crippen LogP contribution < -0.4 is 5.32 Å². The number of hydrogen-bond donors (Lipinski definition) is 1. The van der Waals surface area contributed by atoms with E-state index in [2.05, 4.69) is 11.4 Å². The minimum atomic E-state index is -0.748. The summed E-state index contributed by atoms with van der Waals surface area (Å²) in [7, 11) is 1.30. The summed E-state index contributed by atoms with van der Waals surface area (Å²) in [6.07, 6.45) is 2.39. The number of nitriles is 1. The monoisotopic (exact) mass is 482 g/mol. The maximum Gasteiger partial charge on any atom is 0.328 e. The number of halogens is 1.